The van der Waals surface area contributed by atoms with Gasteiger partial charge in [-0.1, -0.05) is 22.9 Å². The molecule has 1 unspecified atom stereocenters. The average Bonchev–Trinajstić information content (AvgIpc) is 2.91. The summed E-state index contributed by atoms with van der Waals surface area (Å²) >= 11 is 3.37. The van der Waals surface area contributed by atoms with Gasteiger partial charge in [0, 0.05) is 10.9 Å². The molecule has 1 aromatic rings. The van der Waals surface area contributed by atoms with Crippen LogP contribution >= 0.6 is 15.9 Å². The number of benzene rings is 1. The first-order valence-corrected chi connectivity index (χ1v) is 5.92. The lowest BCUT2D eigenvalue weighted by Gasteiger charge is -2.18. The van der Waals surface area contributed by atoms with Crippen LogP contribution in [0.5, 0.6) is 0 Å². The van der Waals surface area contributed by atoms with Gasteiger partial charge >= 0.3 is 0 Å². The van der Waals surface area contributed by atoms with Gasteiger partial charge in [0.2, 0.25) is 0 Å². The molecule has 0 spiro atoms. The van der Waals surface area contributed by atoms with Gasteiger partial charge in [-0.25, -0.2) is 4.39 Å². The number of hydrogen-bond donors (Lipinski definition) is 1. The van der Waals surface area contributed by atoms with Crippen LogP contribution in [0.25, 0.3) is 0 Å². The van der Waals surface area contributed by atoms with Crippen molar-refractivity contribution in [3.63, 3.8) is 0 Å². The Morgan fingerprint density at radius 1 is 1.53 bits per heavy atom. The number of aliphatic hydroxyl groups excluding tert-OH is 1. The Hall–Kier alpha value is -0.410. The van der Waals surface area contributed by atoms with Crippen molar-refractivity contribution in [1.29, 1.82) is 0 Å². The first-order chi connectivity index (χ1) is 7.01. The molecule has 3 heteroatoms. The molecule has 1 aromatic carbocycles. The molecule has 0 aromatic heterocycles. The van der Waals surface area contributed by atoms with Crippen molar-refractivity contribution in [3.05, 3.63) is 34.1 Å². The molecule has 1 aliphatic rings. The molecule has 1 saturated carbocycles. The third-order valence-electron chi connectivity index (χ3n) is 3.26. The molecule has 0 amide bonds. The zero-order chi connectivity index (χ0) is 11.1. The van der Waals surface area contributed by atoms with Gasteiger partial charge < -0.3 is 5.11 Å². The molecule has 0 saturated heterocycles. The van der Waals surface area contributed by atoms with Crippen LogP contribution in [0.3, 0.4) is 0 Å². The quantitative estimate of drug-likeness (QED) is 0.896. The number of hydrogen-bond acceptors (Lipinski definition) is 1. The number of halogens is 2. The Morgan fingerprint density at radius 2 is 2.20 bits per heavy atom. The Kier molecular flexibility index (Phi) is 2.86. The number of rotatable bonds is 3. The maximum absolute atomic E-state index is 13.0. The maximum Gasteiger partial charge on any atom is 0.123 e. The average molecular weight is 273 g/mol. The van der Waals surface area contributed by atoms with Crippen LogP contribution in [0.1, 0.15) is 25.3 Å². The van der Waals surface area contributed by atoms with Crippen LogP contribution in [-0.4, -0.2) is 11.2 Å². The highest BCUT2D eigenvalue weighted by Crippen LogP contribution is 2.49. The molecule has 15 heavy (non-hydrogen) atoms. The largest absolute Gasteiger partial charge is 0.392 e. The van der Waals surface area contributed by atoms with Gasteiger partial charge in [-0.05, 0) is 42.0 Å². The summed E-state index contributed by atoms with van der Waals surface area (Å²) in [4.78, 5) is 0. The molecule has 0 heterocycles. The van der Waals surface area contributed by atoms with E-state index in [9.17, 15) is 9.50 Å². The van der Waals surface area contributed by atoms with E-state index in [4.69, 9.17) is 0 Å². The lowest BCUT2D eigenvalue weighted by Crippen LogP contribution is -2.21. The summed E-state index contributed by atoms with van der Waals surface area (Å²) in [5, 5.41) is 9.97. The normalized spacial score (nSPS) is 20.0. The van der Waals surface area contributed by atoms with E-state index < -0.39 is 0 Å². The van der Waals surface area contributed by atoms with Crippen LogP contribution in [0.4, 0.5) is 4.39 Å². The van der Waals surface area contributed by atoms with E-state index in [2.05, 4.69) is 22.9 Å². The van der Waals surface area contributed by atoms with Gasteiger partial charge in [0.05, 0.1) is 6.10 Å². The predicted molar refractivity (Wildman–Crippen MR) is 61.2 cm³/mol. The Bertz CT molecular complexity index is 374. The molecule has 1 atom stereocenters. The minimum atomic E-state index is -0.365. The van der Waals surface area contributed by atoms with Gasteiger partial charge in [0.1, 0.15) is 5.82 Å². The van der Waals surface area contributed by atoms with Gasteiger partial charge in [-0.2, -0.15) is 0 Å². The summed E-state index contributed by atoms with van der Waals surface area (Å²) in [5.74, 6) is -0.249. The first-order valence-electron chi connectivity index (χ1n) is 5.13. The van der Waals surface area contributed by atoms with Crippen LogP contribution in [0.15, 0.2) is 22.7 Å². The zero-order valence-corrected chi connectivity index (χ0v) is 10.2. The first kappa shape index (κ1) is 11.1. The molecule has 1 nitrogen and oxygen atoms in total. The van der Waals surface area contributed by atoms with E-state index in [1.54, 1.807) is 6.07 Å². The molecular weight excluding hydrogens is 259 g/mol. The van der Waals surface area contributed by atoms with Crippen LogP contribution in [0.2, 0.25) is 0 Å². The van der Waals surface area contributed by atoms with Crippen LogP contribution in [0, 0.1) is 11.2 Å². The molecule has 82 valence electrons. The fraction of sp³-hybridized carbons (Fsp3) is 0.500. The Balaban J connectivity index is 2.13. The van der Waals surface area contributed by atoms with Gasteiger partial charge in [0.25, 0.3) is 0 Å². The summed E-state index contributed by atoms with van der Waals surface area (Å²) in [7, 11) is 0. The molecular formula is C12H14BrFO. The summed E-state index contributed by atoms with van der Waals surface area (Å²) in [6.07, 6.45) is 2.30. The summed E-state index contributed by atoms with van der Waals surface area (Å²) in [5.41, 5.74) is 0.904. The third-order valence-corrected chi connectivity index (χ3v) is 4.04. The second-order valence-corrected chi connectivity index (χ2v) is 5.46. The Labute approximate surface area is 97.4 Å². The minimum absolute atomic E-state index is 0.0613. The van der Waals surface area contributed by atoms with E-state index in [0.29, 0.717) is 6.42 Å². The molecule has 2 rings (SSSR count). The molecule has 1 N–H and O–H groups in total. The van der Waals surface area contributed by atoms with Crippen LogP contribution < -0.4 is 0 Å². The van der Waals surface area contributed by atoms with E-state index >= 15 is 0 Å². The predicted octanol–water partition coefficient (Wildman–Crippen LogP) is 3.29. The van der Waals surface area contributed by atoms with E-state index in [1.807, 2.05) is 0 Å². The maximum atomic E-state index is 13.0. The second kappa shape index (κ2) is 3.87. The smallest absolute Gasteiger partial charge is 0.123 e. The van der Waals surface area contributed by atoms with Crippen molar-refractivity contribution >= 4 is 15.9 Å². The van der Waals surface area contributed by atoms with E-state index in [-0.39, 0.29) is 17.3 Å². The molecule has 0 aliphatic heterocycles. The highest BCUT2D eigenvalue weighted by atomic mass is 79.9. The molecule has 1 fully saturated rings. The SMILES string of the molecule is CC1(C(O)Cc2cc(F)ccc2Br)CC1. The van der Waals surface area contributed by atoms with Crippen molar-refractivity contribution in [2.75, 3.05) is 0 Å². The fourth-order valence-corrected chi connectivity index (χ4v) is 2.09. The second-order valence-electron chi connectivity index (χ2n) is 4.61. The highest BCUT2D eigenvalue weighted by molar-refractivity contribution is 9.10. The van der Waals surface area contributed by atoms with Crippen molar-refractivity contribution in [2.24, 2.45) is 5.41 Å². The number of aliphatic hydroxyl groups is 1. The fourth-order valence-electron chi connectivity index (χ4n) is 1.68. The van der Waals surface area contributed by atoms with Gasteiger partial charge in [0.15, 0.2) is 0 Å². The summed E-state index contributed by atoms with van der Waals surface area (Å²) in [6.45, 7) is 2.07. The highest BCUT2D eigenvalue weighted by Gasteiger charge is 2.43. The topological polar surface area (TPSA) is 20.2 Å². The van der Waals surface area contributed by atoms with Gasteiger partial charge in [-0.15, -0.1) is 0 Å². The van der Waals surface area contributed by atoms with Crippen molar-refractivity contribution in [3.8, 4) is 0 Å². The molecule has 1 aliphatic carbocycles. The minimum Gasteiger partial charge on any atom is -0.392 e. The standard InChI is InChI=1S/C12H14BrFO/c1-12(4-5-12)11(15)7-8-6-9(14)2-3-10(8)13/h2-3,6,11,15H,4-5,7H2,1H3. The van der Waals surface area contributed by atoms with Crippen molar-refractivity contribution < 1.29 is 9.50 Å². The zero-order valence-electron chi connectivity index (χ0n) is 8.63. The Morgan fingerprint density at radius 3 is 2.80 bits per heavy atom. The lowest BCUT2D eigenvalue weighted by molar-refractivity contribution is 0.103. The summed E-state index contributed by atoms with van der Waals surface area (Å²) in [6, 6.07) is 4.59. The third kappa shape index (κ3) is 2.40. The molecule has 0 bridgehead atoms. The molecule has 0 radical (unpaired) electrons. The van der Waals surface area contributed by atoms with Crippen molar-refractivity contribution in [2.45, 2.75) is 32.3 Å². The lowest BCUT2D eigenvalue weighted by atomic mass is 9.95. The summed E-state index contributed by atoms with van der Waals surface area (Å²) < 4.78 is 13.9. The monoisotopic (exact) mass is 272 g/mol. The van der Waals surface area contributed by atoms with E-state index in [1.165, 1.54) is 12.1 Å². The van der Waals surface area contributed by atoms with Gasteiger partial charge in [-0.3, -0.25) is 0 Å². The van der Waals surface area contributed by atoms with Crippen molar-refractivity contribution in [1.82, 2.24) is 0 Å². The van der Waals surface area contributed by atoms with E-state index in [0.717, 1.165) is 22.9 Å². The van der Waals surface area contributed by atoms with Crippen LogP contribution in [-0.2, 0) is 6.42 Å².